The van der Waals surface area contributed by atoms with E-state index in [0.29, 0.717) is 0 Å². The van der Waals surface area contributed by atoms with Crippen LogP contribution < -0.4 is 0 Å². The van der Waals surface area contributed by atoms with E-state index >= 15 is 0 Å². The zero-order chi connectivity index (χ0) is 20.0. The number of rotatable bonds is 6. The minimum Gasteiger partial charge on any atom is -0.462 e. The maximum absolute atomic E-state index is 11.0. The van der Waals surface area contributed by atoms with Crippen molar-refractivity contribution in [1.82, 2.24) is 0 Å². The molecule has 0 heterocycles. The topological polar surface area (TPSA) is 78.9 Å². The van der Waals surface area contributed by atoms with Crippen LogP contribution in [0.4, 0.5) is 0 Å². The van der Waals surface area contributed by atoms with E-state index in [-0.39, 0.29) is 19.6 Å². The Morgan fingerprint density at radius 3 is 1.38 bits per heavy atom. The Morgan fingerprint density at radius 2 is 1.17 bits per heavy atom. The number of carbonyl (C=O) groups is 3. The van der Waals surface area contributed by atoms with Gasteiger partial charge in [0.05, 0.1) is 0 Å². The van der Waals surface area contributed by atoms with Gasteiger partial charge in [-0.25, -0.2) is 0 Å². The molecule has 0 N–H and O–H groups in total. The highest BCUT2D eigenvalue weighted by atomic mass is 16.6. The quantitative estimate of drug-likeness (QED) is 0.409. The van der Waals surface area contributed by atoms with Crippen molar-refractivity contribution in [3.8, 4) is 0 Å². The molecule has 0 unspecified atom stereocenters. The van der Waals surface area contributed by atoms with Gasteiger partial charge in [-0.2, -0.15) is 0 Å². The summed E-state index contributed by atoms with van der Waals surface area (Å²) in [7, 11) is 0. The van der Waals surface area contributed by atoms with Crippen LogP contribution in [0.5, 0.6) is 0 Å². The van der Waals surface area contributed by atoms with Crippen LogP contribution in [0.2, 0.25) is 0 Å². The van der Waals surface area contributed by atoms with Crippen LogP contribution in [0.15, 0.2) is 12.2 Å². The first kappa shape index (κ1) is 30.1. The first-order chi connectivity index (χ1) is 11.4. The van der Waals surface area contributed by atoms with Crippen molar-refractivity contribution in [1.29, 1.82) is 0 Å². The van der Waals surface area contributed by atoms with Gasteiger partial charge in [-0.1, -0.05) is 46.8 Å². The molecule has 0 atom stereocenters. The van der Waals surface area contributed by atoms with Crippen molar-refractivity contribution in [2.24, 2.45) is 0 Å². The number of hydrogen-bond donors (Lipinski definition) is 0. The Hall–Kier alpha value is -1.85. The van der Waals surface area contributed by atoms with E-state index in [1.807, 2.05) is 53.7 Å². The van der Waals surface area contributed by atoms with Crippen molar-refractivity contribution < 1.29 is 28.6 Å². The van der Waals surface area contributed by atoms with Crippen LogP contribution in [0.25, 0.3) is 0 Å². The van der Waals surface area contributed by atoms with Gasteiger partial charge in [-0.15, -0.1) is 0 Å². The number of carbonyl (C=O) groups excluding carboxylic acids is 3. The van der Waals surface area contributed by atoms with Gasteiger partial charge in [0, 0.05) is 20.3 Å². The Labute approximate surface area is 147 Å². The third-order valence-corrected chi connectivity index (χ3v) is 1.87. The molecule has 0 bridgehead atoms. The smallest absolute Gasteiger partial charge is 0.306 e. The van der Waals surface area contributed by atoms with Crippen molar-refractivity contribution in [3.63, 3.8) is 0 Å². The van der Waals surface area contributed by atoms with E-state index in [1.165, 1.54) is 13.8 Å². The molecule has 0 aromatic carbocycles. The van der Waals surface area contributed by atoms with Crippen molar-refractivity contribution in [2.75, 3.05) is 13.2 Å². The summed E-state index contributed by atoms with van der Waals surface area (Å²) in [5.74, 6) is -1.41. The molecule has 0 amide bonds. The predicted octanol–water partition coefficient (Wildman–Crippen LogP) is 4.07. The summed E-state index contributed by atoms with van der Waals surface area (Å²) in [6.07, 6.45) is 3.46. The summed E-state index contributed by atoms with van der Waals surface area (Å²) in [4.78, 5) is 32.2. The van der Waals surface area contributed by atoms with E-state index in [9.17, 15) is 14.4 Å². The molecule has 0 saturated carbocycles. The SMILES string of the molecule is C/C=C\C.CC.CC.CCC(=O)OC(COC(C)=O)COC(C)=O. The molecule has 0 aliphatic heterocycles. The molecular formula is C18H36O6. The first-order valence-corrected chi connectivity index (χ1v) is 8.40. The zero-order valence-corrected chi connectivity index (χ0v) is 16.8. The first-order valence-electron chi connectivity index (χ1n) is 8.40. The molecule has 0 rings (SSSR count). The summed E-state index contributed by atoms with van der Waals surface area (Å²) in [5.41, 5.74) is 0. The van der Waals surface area contributed by atoms with Crippen LogP contribution in [0, 0.1) is 0 Å². The molecule has 144 valence electrons. The van der Waals surface area contributed by atoms with Crippen molar-refractivity contribution in [3.05, 3.63) is 12.2 Å². The second-order valence-corrected chi connectivity index (χ2v) is 3.74. The lowest BCUT2D eigenvalue weighted by atomic mass is 10.4. The number of allylic oxidation sites excluding steroid dienone is 2. The highest BCUT2D eigenvalue weighted by Crippen LogP contribution is 1.99. The van der Waals surface area contributed by atoms with Gasteiger partial charge in [0.25, 0.3) is 0 Å². The van der Waals surface area contributed by atoms with Crippen molar-refractivity contribution in [2.45, 2.75) is 74.8 Å². The van der Waals surface area contributed by atoms with Gasteiger partial charge in [0.1, 0.15) is 13.2 Å². The Bertz CT molecular complexity index is 301. The Morgan fingerprint density at radius 1 is 0.833 bits per heavy atom. The molecule has 6 heteroatoms. The zero-order valence-electron chi connectivity index (χ0n) is 16.8. The predicted molar refractivity (Wildman–Crippen MR) is 96.6 cm³/mol. The van der Waals surface area contributed by atoms with Crippen LogP contribution in [0.3, 0.4) is 0 Å². The van der Waals surface area contributed by atoms with Gasteiger partial charge < -0.3 is 14.2 Å². The summed E-state index contributed by atoms with van der Waals surface area (Å²) >= 11 is 0. The van der Waals surface area contributed by atoms with Crippen LogP contribution >= 0.6 is 0 Å². The third-order valence-electron chi connectivity index (χ3n) is 1.87. The molecule has 0 aliphatic carbocycles. The Balaban J connectivity index is -0.000000212. The van der Waals surface area contributed by atoms with Crippen LogP contribution in [0.1, 0.15) is 68.7 Å². The third kappa shape index (κ3) is 32.2. The summed E-state index contributed by atoms with van der Waals surface area (Å²) < 4.78 is 14.3. The second-order valence-electron chi connectivity index (χ2n) is 3.74. The number of ether oxygens (including phenoxy) is 3. The lowest BCUT2D eigenvalue weighted by molar-refractivity contribution is -0.165. The van der Waals surface area contributed by atoms with E-state index < -0.39 is 24.0 Å². The van der Waals surface area contributed by atoms with Gasteiger partial charge in [-0.3, -0.25) is 14.4 Å². The molecule has 0 spiro atoms. The summed E-state index contributed by atoms with van der Waals surface area (Å²) in [6, 6.07) is 0. The van der Waals surface area contributed by atoms with E-state index in [1.54, 1.807) is 6.92 Å². The molecular weight excluding hydrogens is 312 g/mol. The molecule has 0 fully saturated rings. The number of esters is 3. The van der Waals surface area contributed by atoms with Crippen molar-refractivity contribution >= 4 is 17.9 Å². The van der Waals surface area contributed by atoms with Gasteiger partial charge in [-0.05, 0) is 13.8 Å². The molecule has 0 radical (unpaired) electrons. The van der Waals surface area contributed by atoms with E-state index in [4.69, 9.17) is 4.74 Å². The lowest BCUT2D eigenvalue weighted by Crippen LogP contribution is -2.29. The van der Waals surface area contributed by atoms with E-state index in [2.05, 4.69) is 9.47 Å². The average Bonchev–Trinajstić information content (AvgIpc) is 2.60. The molecule has 0 aromatic heterocycles. The normalized spacial score (nSPS) is 8.58. The fourth-order valence-electron chi connectivity index (χ4n) is 0.806. The highest BCUT2D eigenvalue weighted by Gasteiger charge is 2.16. The molecule has 0 aliphatic rings. The fraction of sp³-hybridized carbons (Fsp3) is 0.722. The molecule has 24 heavy (non-hydrogen) atoms. The van der Waals surface area contributed by atoms with Crippen LogP contribution in [-0.2, 0) is 28.6 Å². The minimum atomic E-state index is -0.750. The Kier molecular flexibility index (Phi) is 32.7. The summed E-state index contributed by atoms with van der Waals surface area (Å²) in [6.45, 7) is 15.9. The second kappa shape index (κ2) is 26.1. The fourth-order valence-corrected chi connectivity index (χ4v) is 0.806. The molecule has 6 nitrogen and oxygen atoms in total. The standard InChI is InChI=1S/C10H16O6.C4H8.2C2H6/c1-4-10(13)16-9(5-14-7(2)11)6-15-8(3)12;1-3-4-2;2*1-2/h9H,4-6H2,1-3H3;3-4H,1-2H3;2*1-2H3/b;4-3-;;. The monoisotopic (exact) mass is 348 g/mol. The maximum atomic E-state index is 11.0. The summed E-state index contributed by atoms with van der Waals surface area (Å²) in [5, 5.41) is 0. The van der Waals surface area contributed by atoms with Gasteiger partial charge in [0.15, 0.2) is 6.10 Å². The molecule has 0 aromatic rings. The largest absolute Gasteiger partial charge is 0.462 e. The minimum absolute atomic E-state index is 0.117. The highest BCUT2D eigenvalue weighted by molar-refractivity contribution is 5.69. The number of hydrogen-bond acceptors (Lipinski definition) is 6. The molecule has 0 saturated heterocycles. The van der Waals surface area contributed by atoms with Crippen LogP contribution in [-0.4, -0.2) is 37.2 Å². The lowest BCUT2D eigenvalue weighted by Gasteiger charge is -2.16. The van der Waals surface area contributed by atoms with Gasteiger partial charge >= 0.3 is 17.9 Å². The average molecular weight is 348 g/mol. The van der Waals surface area contributed by atoms with E-state index in [0.717, 1.165) is 0 Å². The maximum Gasteiger partial charge on any atom is 0.306 e. The van der Waals surface area contributed by atoms with Gasteiger partial charge in [0.2, 0.25) is 0 Å².